The number of carbonyl (C=O) groups is 1. The summed E-state index contributed by atoms with van der Waals surface area (Å²) in [5.74, 6) is 1.12. The van der Waals surface area contributed by atoms with Gasteiger partial charge in [0.1, 0.15) is 6.10 Å². The van der Waals surface area contributed by atoms with Crippen molar-refractivity contribution in [2.75, 3.05) is 0 Å². The lowest BCUT2D eigenvalue weighted by Gasteiger charge is -2.66. The Hall–Kier alpha value is -0.516. The lowest BCUT2D eigenvalue weighted by Crippen LogP contribution is -2.69. The summed E-state index contributed by atoms with van der Waals surface area (Å²) in [4.78, 5) is 12.7. The van der Waals surface area contributed by atoms with E-state index in [1.165, 1.54) is 6.92 Å². The number of fused-ring (bicyclic) bond motifs is 5. The molecular weight excluding hydrogens is 657 g/mol. The van der Waals surface area contributed by atoms with Crippen LogP contribution in [0.1, 0.15) is 122 Å². The van der Waals surface area contributed by atoms with E-state index in [2.05, 4.69) is 108 Å². The smallest absolute Gasteiger partial charge is 0.302 e. The number of hydrogen-bond donors (Lipinski definition) is 2. The molecule has 4 fully saturated rings. The molecule has 0 aromatic carbocycles. The van der Waals surface area contributed by atoms with Crippen molar-refractivity contribution in [2.24, 2.45) is 58.2 Å². The first-order valence-electron chi connectivity index (χ1n) is 20.6. The molecule has 6 nitrogen and oxygen atoms in total. The van der Waals surface area contributed by atoms with Crippen molar-refractivity contribution < 1.29 is 28.6 Å². The van der Waals surface area contributed by atoms with Crippen LogP contribution in [-0.2, 0) is 18.4 Å². The molecule has 4 aliphatic carbocycles. The van der Waals surface area contributed by atoms with Gasteiger partial charge < -0.3 is 23.8 Å². The summed E-state index contributed by atoms with van der Waals surface area (Å²) in [5, 5.41) is 24.9. The number of rotatable bonds is 12. The topological polar surface area (TPSA) is 85.2 Å². The Morgan fingerprint density at radius 2 is 1.48 bits per heavy atom. The lowest BCUT2D eigenvalue weighted by molar-refractivity contribution is -0.246. The zero-order chi connectivity index (χ0) is 37.8. The summed E-state index contributed by atoms with van der Waals surface area (Å²) in [6.45, 7) is 34.0. The molecule has 0 spiro atoms. The van der Waals surface area contributed by atoms with Crippen molar-refractivity contribution >= 4 is 22.6 Å². The van der Waals surface area contributed by atoms with E-state index in [1.807, 2.05) is 0 Å². The molecule has 4 saturated carbocycles. The van der Waals surface area contributed by atoms with Gasteiger partial charge in [0.2, 0.25) is 0 Å². The minimum Gasteiger partial charge on any atom is -0.462 e. The molecule has 4 rings (SSSR count). The first-order valence-corrected chi connectivity index (χ1v) is 26.0. The standard InChI is InChI=1S/C42H78O6Si2/c1-16-50(17-2,18-3)48-34-25-42(13)31(24-33(46-29(8)43)36(42)28(7)20-19-27(6)26(4)5)35-37(34)41(12)22-21-30(23-32(41)38(44)39(35)45)47-49(14,15)40(9,10)11/h19-20,26-28,30-39,44-45H,16-18,21-25H2,1-15H3/b20-19+/t27-,28+,30-,31-,32+,33-,34-,35-,36-,37-,38+,39+,41-,42-/m0/s1. The Morgan fingerprint density at radius 3 is 2.00 bits per heavy atom. The summed E-state index contributed by atoms with van der Waals surface area (Å²) in [5.41, 5.74) is -0.413. The quantitative estimate of drug-likeness (QED) is 0.118. The van der Waals surface area contributed by atoms with E-state index in [0.717, 1.165) is 50.2 Å². The Labute approximate surface area is 309 Å². The predicted molar refractivity (Wildman–Crippen MR) is 211 cm³/mol. The van der Waals surface area contributed by atoms with Crippen LogP contribution in [-0.4, -0.2) is 63.3 Å². The number of ether oxygens (including phenoxy) is 1. The van der Waals surface area contributed by atoms with E-state index in [0.29, 0.717) is 11.8 Å². The Kier molecular flexibility index (Phi) is 12.9. The van der Waals surface area contributed by atoms with Crippen molar-refractivity contribution in [3.63, 3.8) is 0 Å². The van der Waals surface area contributed by atoms with Gasteiger partial charge >= 0.3 is 5.97 Å². The molecule has 0 aromatic rings. The highest BCUT2D eigenvalue weighted by atomic mass is 28.4. The highest BCUT2D eigenvalue weighted by Crippen LogP contribution is 2.69. The third kappa shape index (κ3) is 7.69. The van der Waals surface area contributed by atoms with Gasteiger partial charge in [-0.05, 0) is 121 Å². The van der Waals surface area contributed by atoms with Crippen LogP contribution in [0.2, 0.25) is 36.3 Å². The molecular formula is C42H78O6Si2. The molecule has 0 radical (unpaired) electrons. The zero-order valence-corrected chi connectivity index (χ0v) is 36.8. The third-order valence-corrected chi connectivity index (χ3v) is 25.2. The van der Waals surface area contributed by atoms with E-state index in [4.69, 9.17) is 13.6 Å². The average molecular weight is 735 g/mol. The first-order chi connectivity index (χ1) is 23.0. The van der Waals surface area contributed by atoms with Crippen LogP contribution < -0.4 is 0 Å². The van der Waals surface area contributed by atoms with Gasteiger partial charge in [0.25, 0.3) is 0 Å². The summed E-state index contributed by atoms with van der Waals surface area (Å²) in [6, 6.07) is 3.23. The molecule has 50 heavy (non-hydrogen) atoms. The van der Waals surface area contributed by atoms with Gasteiger partial charge in [-0.2, -0.15) is 0 Å². The lowest BCUT2D eigenvalue weighted by atomic mass is 9.42. The van der Waals surface area contributed by atoms with Crippen LogP contribution in [0, 0.1) is 58.2 Å². The molecule has 0 aromatic heterocycles. The second-order valence-corrected chi connectivity index (χ2v) is 29.4. The van der Waals surface area contributed by atoms with Gasteiger partial charge in [-0.15, -0.1) is 0 Å². The normalized spacial score (nSPS) is 40.7. The number of hydrogen-bond acceptors (Lipinski definition) is 6. The summed E-state index contributed by atoms with van der Waals surface area (Å²) in [7, 11) is -4.06. The fraction of sp³-hybridized carbons (Fsp3) is 0.929. The second-order valence-electron chi connectivity index (χ2n) is 19.9. The number of esters is 1. The molecule has 0 unspecified atom stereocenters. The average Bonchev–Trinajstić information content (AvgIpc) is 3.30. The Bertz CT molecular complexity index is 1180. The van der Waals surface area contributed by atoms with Crippen molar-refractivity contribution in [3.8, 4) is 0 Å². The van der Waals surface area contributed by atoms with Crippen LogP contribution in [0.25, 0.3) is 0 Å². The van der Waals surface area contributed by atoms with E-state index in [1.54, 1.807) is 0 Å². The minimum absolute atomic E-state index is 0.00961. The van der Waals surface area contributed by atoms with Crippen molar-refractivity contribution in [2.45, 2.75) is 189 Å². The van der Waals surface area contributed by atoms with Gasteiger partial charge in [-0.25, -0.2) is 0 Å². The van der Waals surface area contributed by atoms with Gasteiger partial charge in [-0.3, -0.25) is 4.79 Å². The van der Waals surface area contributed by atoms with Crippen molar-refractivity contribution in [3.05, 3.63) is 12.2 Å². The Morgan fingerprint density at radius 1 is 0.880 bits per heavy atom. The molecule has 0 bridgehead atoms. The van der Waals surface area contributed by atoms with Crippen LogP contribution in [0.15, 0.2) is 12.2 Å². The number of aliphatic hydroxyl groups is 2. The van der Waals surface area contributed by atoms with Gasteiger partial charge in [-0.1, -0.05) is 95.2 Å². The predicted octanol–water partition coefficient (Wildman–Crippen LogP) is 10.0. The van der Waals surface area contributed by atoms with Crippen LogP contribution in [0.5, 0.6) is 0 Å². The highest BCUT2D eigenvalue weighted by Gasteiger charge is 2.70. The van der Waals surface area contributed by atoms with E-state index >= 15 is 0 Å². The number of allylic oxidation sites excluding steroid dienone is 2. The number of carbonyl (C=O) groups excluding carboxylic acids is 1. The molecule has 0 amide bonds. The van der Waals surface area contributed by atoms with E-state index < -0.39 is 28.8 Å². The fourth-order valence-electron chi connectivity index (χ4n) is 11.4. The minimum atomic E-state index is -2.05. The zero-order valence-electron chi connectivity index (χ0n) is 34.8. The monoisotopic (exact) mass is 735 g/mol. The van der Waals surface area contributed by atoms with E-state index in [-0.39, 0.29) is 75.7 Å². The molecule has 2 N–H and O–H groups in total. The van der Waals surface area contributed by atoms with Crippen molar-refractivity contribution in [1.29, 1.82) is 0 Å². The molecule has 290 valence electrons. The summed E-state index contributed by atoms with van der Waals surface area (Å²) >= 11 is 0. The number of aliphatic hydroxyl groups excluding tert-OH is 2. The highest BCUT2D eigenvalue weighted by molar-refractivity contribution is 6.74. The summed E-state index contributed by atoms with van der Waals surface area (Å²) in [6.07, 6.45) is 7.27. The molecule has 4 aliphatic rings. The third-order valence-electron chi connectivity index (χ3n) is 16.0. The largest absolute Gasteiger partial charge is 0.462 e. The van der Waals surface area contributed by atoms with Gasteiger partial charge in [0, 0.05) is 25.0 Å². The SMILES string of the molecule is CC[Si](CC)(CC)O[C@H]1C[C@]2(C)[C@@H]([C@H](C)/C=C/[C@H](C)C(C)C)[C@@H](OC(C)=O)C[C@H]2[C@@H]2[C@@H](O)[C@H](O)[C@H]3C[C@@H](O[Si](C)(C)C(C)(C)C)CC[C@]3(C)[C@H]21. The maximum atomic E-state index is 12.7. The maximum absolute atomic E-state index is 12.7. The second kappa shape index (κ2) is 15.3. The van der Waals surface area contributed by atoms with Crippen molar-refractivity contribution in [1.82, 2.24) is 0 Å². The van der Waals surface area contributed by atoms with Crippen LogP contribution >= 0.6 is 0 Å². The first kappa shape index (κ1) is 42.2. The van der Waals surface area contributed by atoms with Gasteiger partial charge in [0.15, 0.2) is 16.6 Å². The molecule has 8 heteroatoms. The Balaban J connectivity index is 1.82. The van der Waals surface area contributed by atoms with Gasteiger partial charge in [0.05, 0.1) is 12.2 Å². The molecule has 0 saturated heterocycles. The van der Waals surface area contributed by atoms with Crippen LogP contribution in [0.3, 0.4) is 0 Å². The molecule has 0 heterocycles. The van der Waals surface area contributed by atoms with Crippen LogP contribution in [0.4, 0.5) is 0 Å². The van der Waals surface area contributed by atoms with E-state index in [9.17, 15) is 15.0 Å². The fourth-order valence-corrected chi connectivity index (χ4v) is 15.7. The molecule has 14 atom stereocenters. The maximum Gasteiger partial charge on any atom is 0.302 e. The molecule has 0 aliphatic heterocycles. The summed E-state index contributed by atoms with van der Waals surface area (Å²) < 4.78 is 21.0.